The number of fused-ring (bicyclic) bond motifs is 1. The molecular weight excluding hydrogens is 341 g/mol. The Labute approximate surface area is 156 Å². The molecule has 0 aliphatic carbocycles. The first kappa shape index (κ1) is 16.9. The fourth-order valence-electron chi connectivity index (χ4n) is 3.06. The van der Waals surface area contributed by atoms with Gasteiger partial charge in [0.1, 0.15) is 5.82 Å². The molecule has 1 unspecified atom stereocenters. The minimum Gasteiger partial charge on any atom is -0.447 e. The topological polar surface area (TPSA) is 39.2 Å². The van der Waals surface area contributed by atoms with Crippen LogP contribution in [0.1, 0.15) is 27.7 Å². The summed E-state index contributed by atoms with van der Waals surface area (Å²) in [5.74, 6) is -1.34. The van der Waals surface area contributed by atoms with E-state index in [1.165, 1.54) is 18.2 Å². The van der Waals surface area contributed by atoms with Crippen molar-refractivity contribution in [2.45, 2.75) is 6.10 Å². The number of halogens is 1. The first-order valence-electron chi connectivity index (χ1n) is 8.58. The molecule has 0 saturated carbocycles. The number of benzene rings is 3. The summed E-state index contributed by atoms with van der Waals surface area (Å²) in [5, 5.41) is 1.88. The number of hydrogen-bond acceptors (Lipinski definition) is 3. The molecule has 27 heavy (non-hydrogen) atoms. The van der Waals surface area contributed by atoms with E-state index in [0.717, 1.165) is 16.3 Å². The van der Waals surface area contributed by atoms with Crippen LogP contribution in [0.25, 0.3) is 10.8 Å². The molecule has 4 heteroatoms. The van der Waals surface area contributed by atoms with Crippen molar-refractivity contribution in [3.05, 3.63) is 114 Å². The zero-order valence-corrected chi connectivity index (χ0v) is 14.4. The van der Waals surface area contributed by atoms with Gasteiger partial charge in [0.15, 0.2) is 6.10 Å². The molecule has 0 saturated heterocycles. The van der Waals surface area contributed by atoms with E-state index in [9.17, 15) is 9.18 Å². The van der Waals surface area contributed by atoms with Crippen molar-refractivity contribution in [3.63, 3.8) is 0 Å². The maximum absolute atomic E-state index is 14.0. The number of pyridine rings is 1. The second kappa shape index (κ2) is 7.38. The van der Waals surface area contributed by atoms with Crippen molar-refractivity contribution in [2.24, 2.45) is 0 Å². The summed E-state index contributed by atoms with van der Waals surface area (Å²) in [6.45, 7) is 0. The van der Waals surface area contributed by atoms with Crippen LogP contribution in [-0.4, -0.2) is 11.0 Å². The molecule has 0 aliphatic rings. The van der Waals surface area contributed by atoms with Crippen LogP contribution in [0.4, 0.5) is 4.39 Å². The van der Waals surface area contributed by atoms with E-state index in [0.29, 0.717) is 5.69 Å². The van der Waals surface area contributed by atoms with Crippen LogP contribution in [-0.2, 0) is 4.74 Å². The predicted octanol–water partition coefficient (Wildman–Crippen LogP) is 5.32. The van der Waals surface area contributed by atoms with Crippen molar-refractivity contribution >= 4 is 16.7 Å². The van der Waals surface area contributed by atoms with E-state index >= 15 is 0 Å². The van der Waals surface area contributed by atoms with Crippen molar-refractivity contribution in [1.82, 2.24) is 4.98 Å². The van der Waals surface area contributed by atoms with Crippen LogP contribution < -0.4 is 0 Å². The molecular formula is C23H16FNO2. The van der Waals surface area contributed by atoms with E-state index in [1.54, 1.807) is 12.3 Å². The van der Waals surface area contributed by atoms with Crippen LogP contribution in [0.2, 0.25) is 0 Å². The van der Waals surface area contributed by atoms with Gasteiger partial charge < -0.3 is 4.74 Å². The second-order valence-corrected chi connectivity index (χ2v) is 6.09. The molecule has 1 aromatic heterocycles. The zero-order valence-electron chi connectivity index (χ0n) is 14.4. The van der Waals surface area contributed by atoms with Gasteiger partial charge >= 0.3 is 5.97 Å². The second-order valence-electron chi connectivity index (χ2n) is 6.09. The zero-order chi connectivity index (χ0) is 18.6. The summed E-state index contributed by atoms with van der Waals surface area (Å²) in [6.07, 6.45) is 0.939. The summed E-state index contributed by atoms with van der Waals surface area (Å²) in [5.41, 5.74) is 1.29. The maximum atomic E-state index is 14.0. The first-order valence-corrected chi connectivity index (χ1v) is 8.58. The fourth-order valence-corrected chi connectivity index (χ4v) is 3.06. The Morgan fingerprint density at radius 1 is 0.852 bits per heavy atom. The van der Waals surface area contributed by atoms with Gasteiger partial charge in [0, 0.05) is 11.6 Å². The maximum Gasteiger partial charge on any atom is 0.342 e. The van der Waals surface area contributed by atoms with E-state index < -0.39 is 17.9 Å². The van der Waals surface area contributed by atoms with Crippen LogP contribution in [0.15, 0.2) is 91.1 Å². The van der Waals surface area contributed by atoms with Crippen molar-refractivity contribution in [3.8, 4) is 0 Å². The molecule has 0 aliphatic heterocycles. The Kier molecular flexibility index (Phi) is 4.62. The average molecular weight is 357 g/mol. The number of carbonyl (C=O) groups is 1. The third-order valence-corrected chi connectivity index (χ3v) is 4.37. The van der Waals surface area contributed by atoms with Gasteiger partial charge in [0.2, 0.25) is 0 Å². The van der Waals surface area contributed by atoms with E-state index in [-0.39, 0.29) is 5.56 Å². The van der Waals surface area contributed by atoms with Gasteiger partial charge in [-0.15, -0.1) is 0 Å². The van der Waals surface area contributed by atoms with E-state index in [2.05, 4.69) is 4.98 Å². The van der Waals surface area contributed by atoms with Gasteiger partial charge in [-0.25, -0.2) is 9.18 Å². The van der Waals surface area contributed by atoms with Gasteiger partial charge in [-0.1, -0.05) is 66.7 Å². The molecule has 1 atom stereocenters. The highest BCUT2D eigenvalue weighted by Gasteiger charge is 2.24. The Hall–Kier alpha value is -3.53. The molecule has 4 rings (SSSR count). The minimum atomic E-state index is -0.746. The lowest BCUT2D eigenvalue weighted by Gasteiger charge is -2.19. The van der Waals surface area contributed by atoms with Crippen LogP contribution in [0.5, 0.6) is 0 Å². The molecule has 1 heterocycles. The Morgan fingerprint density at radius 3 is 2.37 bits per heavy atom. The van der Waals surface area contributed by atoms with Crippen molar-refractivity contribution in [2.75, 3.05) is 0 Å². The molecule has 132 valence electrons. The molecule has 4 aromatic rings. The number of ether oxygens (including phenoxy) is 1. The number of carbonyl (C=O) groups excluding carboxylic acids is 1. The van der Waals surface area contributed by atoms with Gasteiger partial charge in [-0.3, -0.25) is 4.98 Å². The highest BCUT2D eigenvalue weighted by atomic mass is 19.1. The Morgan fingerprint density at radius 2 is 1.56 bits per heavy atom. The lowest BCUT2D eigenvalue weighted by Crippen LogP contribution is -2.15. The number of rotatable bonds is 4. The quantitative estimate of drug-likeness (QED) is 0.464. The van der Waals surface area contributed by atoms with Crippen LogP contribution >= 0.6 is 0 Å². The predicted molar refractivity (Wildman–Crippen MR) is 102 cm³/mol. The number of aromatic nitrogens is 1. The Balaban J connectivity index is 1.81. The molecule has 0 fully saturated rings. The molecule has 0 N–H and O–H groups in total. The van der Waals surface area contributed by atoms with Gasteiger partial charge in [-0.05, 0) is 29.1 Å². The third kappa shape index (κ3) is 3.42. The van der Waals surface area contributed by atoms with Crippen LogP contribution in [0, 0.1) is 5.82 Å². The lowest BCUT2D eigenvalue weighted by atomic mass is 10.0. The largest absolute Gasteiger partial charge is 0.447 e. The molecule has 0 amide bonds. The number of nitrogens with zero attached hydrogens (tertiary/aromatic N) is 1. The summed E-state index contributed by atoms with van der Waals surface area (Å²) in [7, 11) is 0. The van der Waals surface area contributed by atoms with E-state index in [4.69, 9.17) is 4.74 Å². The standard InChI is InChI=1S/C23H16FNO2/c24-20-13-7-6-12-19(20)23(26)27-22(17-9-2-1-3-10-17)21-18-11-5-4-8-16(18)14-15-25-21/h1-15,22H. The Bertz CT molecular complexity index is 1090. The average Bonchev–Trinajstić information content (AvgIpc) is 2.72. The van der Waals surface area contributed by atoms with Gasteiger partial charge in [0.05, 0.1) is 11.3 Å². The summed E-state index contributed by atoms with van der Waals surface area (Å²) >= 11 is 0. The molecule has 0 spiro atoms. The smallest absolute Gasteiger partial charge is 0.342 e. The SMILES string of the molecule is O=C(OC(c1ccccc1)c1nccc2ccccc12)c1ccccc1F. The highest BCUT2D eigenvalue weighted by Crippen LogP contribution is 2.31. The summed E-state index contributed by atoms with van der Waals surface area (Å²) in [6, 6.07) is 24.8. The minimum absolute atomic E-state index is 0.0985. The number of esters is 1. The summed E-state index contributed by atoms with van der Waals surface area (Å²) in [4.78, 5) is 17.2. The number of hydrogen-bond donors (Lipinski definition) is 0. The monoisotopic (exact) mass is 357 g/mol. The van der Waals surface area contributed by atoms with Crippen molar-refractivity contribution < 1.29 is 13.9 Å². The fraction of sp³-hybridized carbons (Fsp3) is 0.0435. The van der Waals surface area contributed by atoms with Gasteiger partial charge in [0.25, 0.3) is 0 Å². The van der Waals surface area contributed by atoms with Crippen molar-refractivity contribution in [1.29, 1.82) is 0 Å². The molecule has 3 aromatic carbocycles. The molecule has 0 radical (unpaired) electrons. The lowest BCUT2D eigenvalue weighted by molar-refractivity contribution is 0.0368. The molecule has 3 nitrogen and oxygen atoms in total. The summed E-state index contributed by atoms with van der Waals surface area (Å²) < 4.78 is 19.8. The molecule has 0 bridgehead atoms. The highest BCUT2D eigenvalue weighted by molar-refractivity contribution is 5.90. The van der Waals surface area contributed by atoms with Crippen LogP contribution in [0.3, 0.4) is 0 Å². The van der Waals surface area contributed by atoms with Gasteiger partial charge in [-0.2, -0.15) is 0 Å². The normalized spacial score (nSPS) is 11.9. The first-order chi connectivity index (χ1) is 13.2. The van der Waals surface area contributed by atoms with E-state index in [1.807, 2.05) is 60.7 Å². The third-order valence-electron chi connectivity index (χ3n) is 4.37.